The lowest BCUT2D eigenvalue weighted by molar-refractivity contribution is -0.121. The van der Waals surface area contributed by atoms with Crippen LogP contribution in [-0.2, 0) is 17.8 Å². The Morgan fingerprint density at radius 2 is 2.24 bits per heavy atom. The van der Waals surface area contributed by atoms with E-state index in [1.807, 2.05) is 34.4 Å². The molecule has 130 valence electrons. The first kappa shape index (κ1) is 16.2. The second kappa shape index (κ2) is 7.33. The Kier molecular flexibility index (Phi) is 4.76. The average Bonchev–Trinajstić information content (AvgIpc) is 3.19. The molecular formula is C18H21N5OS. The Labute approximate surface area is 150 Å². The van der Waals surface area contributed by atoms with E-state index >= 15 is 0 Å². The second-order valence-corrected chi connectivity index (χ2v) is 7.35. The SMILES string of the molecule is O=C(Cc1cn2ccsc2n1)NC1CCN(Cc2cccnc2)CC1. The van der Waals surface area contributed by atoms with Crippen molar-refractivity contribution in [2.24, 2.45) is 0 Å². The van der Waals surface area contributed by atoms with Gasteiger partial charge in [-0.3, -0.25) is 19.1 Å². The van der Waals surface area contributed by atoms with Crippen molar-refractivity contribution >= 4 is 22.2 Å². The van der Waals surface area contributed by atoms with Gasteiger partial charge in [-0.2, -0.15) is 0 Å². The number of thiazole rings is 1. The molecule has 4 heterocycles. The Morgan fingerprint density at radius 1 is 1.36 bits per heavy atom. The van der Waals surface area contributed by atoms with Gasteiger partial charge in [-0.05, 0) is 24.5 Å². The number of pyridine rings is 1. The molecule has 0 unspecified atom stereocenters. The highest BCUT2D eigenvalue weighted by Gasteiger charge is 2.21. The van der Waals surface area contributed by atoms with Gasteiger partial charge < -0.3 is 5.32 Å². The van der Waals surface area contributed by atoms with Crippen molar-refractivity contribution in [3.8, 4) is 0 Å². The molecule has 1 aliphatic rings. The molecule has 0 spiro atoms. The van der Waals surface area contributed by atoms with Crippen LogP contribution in [0.15, 0.2) is 42.3 Å². The maximum Gasteiger partial charge on any atom is 0.226 e. The predicted molar refractivity (Wildman–Crippen MR) is 97.5 cm³/mol. The first-order valence-electron chi connectivity index (χ1n) is 8.58. The lowest BCUT2D eigenvalue weighted by atomic mass is 10.0. The van der Waals surface area contributed by atoms with Crippen LogP contribution in [0.5, 0.6) is 0 Å². The van der Waals surface area contributed by atoms with Crippen molar-refractivity contribution in [3.05, 3.63) is 53.6 Å². The maximum atomic E-state index is 12.3. The van der Waals surface area contributed by atoms with Crippen LogP contribution in [-0.4, -0.2) is 44.3 Å². The topological polar surface area (TPSA) is 62.5 Å². The average molecular weight is 355 g/mol. The standard InChI is InChI=1S/C18H21N5OS/c24-17(10-16-13-23-8-9-25-18(23)21-16)20-15-3-6-22(7-4-15)12-14-2-1-5-19-11-14/h1-2,5,8-9,11,13,15H,3-4,6-7,10,12H2,(H,20,24). The minimum absolute atomic E-state index is 0.0662. The molecule has 0 aliphatic carbocycles. The first-order chi connectivity index (χ1) is 12.3. The number of piperidine rings is 1. The molecule has 1 amide bonds. The normalized spacial score (nSPS) is 16.3. The Balaban J connectivity index is 1.24. The number of carbonyl (C=O) groups is 1. The van der Waals surface area contributed by atoms with E-state index < -0.39 is 0 Å². The molecule has 0 bridgehead atoms. The van der Waals surface area contributed by atoms with Crippen LogP contribution in [0.25, 0.3) is 4.96 Å². The molecule has 1 fully saturated rings. The predicted octanol–water partition coefficient (Wildman–Crippen LogP) is 2.11. The van der Waals surface area contributed by atoms with E-state index in [1.165, 1.54) is 5.56 Å². The van der Waals surface area contributed by atoms with Gasteiger partial charge in [0.25, 0.3) is 0 Å². The van der Waals surface area contributed by atoms with Crippen LogP contribution in [0.4, 0.5) is 0 Å². The molecule has 25 heavy (non-hydrogen) atoms. The van der Waals surface area contributed by atoms with Gasteiger partial charge in [-0.25, -0.2) is 4.98 Å². The number of fused-ring (bicyclic) bond motifs is 1. The van der Waals surface area contributed by atoms with Gasteiger partial charge in [0.2, 0.25) is 5.91 Å². The van der Waals surface area contributed by atoms with Crippen LogP contribution < -0.4 is 5.32 Å². The molecular weight excluding hydrogens is 334 g/mol. The molecule has 3 aromatic rings. The summed E-state index contributed by atoms with van der Waals surface area (Å²) in [4.78, 5) is 24.3. The first-order valence-corrected chi connectivity index (χ1v) is 9.46. The van der Waals surface area contributed by atoms with Crippen LogP contribution in [0.1, 0.15) is 24.1 Å². The number of rotatable bonds is 5. The number of nitrogens with one attached hydrogen (secondary N) is 1. The number of likely N-dealkylation sites (tertiary alicyclic amines) is 1. The van der Waals surface area contributed by atoms with Gasteiger partial charge in [-0.1, -0.05) is 6.07 Å². The molecule has 1 N–H and O–H groups in total. The fourth-order valence-electron chi connectivity index (χ4n) is 3.29. The van der Waals surface area contributed by atoms with Gasteiger partial charge in [0.15, 0.2) is 4.96 Å². The van der Waals surface area contributed by atoms with E-state index in [0.29, 0.717) is 6.42 Å². The van der Waals surface area contributed by atoms with E-state index in [0.717, 1.165) is 43.1 Å². The quantitative estimate of drug-likeness (QED) is 0.761. The van der Waals surface area contributed by atoms with E-state index in [1.54, 1.807) is 17.5 Å². The van der Waals surface area contributed by atoms with Gasteiger partial charge in [0.1, 0.15) is 0 Å². The van der Waals surface area contributed by atoms with Gasteiger partial charge in [-0.15, -0.1) is 11.3 Å². The van der Waals surface area contributed by atoms with Crippen LogP contribution >= 0.6 is 11.3 Å². The van der Waals surface area contributed by atoms with Gasteiger partial charge in [0.05, 0.1) is 12.1 Å². The zero-order chi connectivity index (χ0) is 17.1. The fraction of sp³-hybridized carbons (Fsp3) is 0.389. The maximum absolute atomic E-state index is 12.3. The summed E-state index contributed by atoms with van der Waals surface area (Å²) in [5, 5.41) is 5.16. The summed E-state index contributed by atoms with van der Waals surface area (Å²) in [6.45, 7) is 2.93. The highest BCUT2D eigenvalue weighted by molar-refractivity contribution is 7.15. The van der Waals surface area contributed by atoms with Gasteiger partial charge in [0, 0.05) is 55.8 Å². The Morgan fingerprint density at radius 3 is 3.00 bits per heavy atom. The molecule has 0 atom stereocenters. The van der Waals surface area contributed by atoms with E-state index in [9.17, 15) is 4.79 Å². The Hall–Kier alpha value is -2.25. The number of amides is 1. The number of aromatic nitrogens is 3. The monoisotopic (exact) mass is 355 g/mol. The largest absolute Gasteiger partial charge is 0.353 e. The lowest BCUT2D eigenvalue weighted by Crippen LogP contribution is -2.44. The summed E-state index contributed by atoms with van der Waals surface area (Å²) >= 11 is 1.58. The van der Waals surface area contributed by atoms with Crippen molar-refractivity contribution in [3.63, 3.8) is 0 Å². The number of hydrogen-bond acceptors (Lipinski definition) is 5. The van der Waals surface area contributed by atoms with Crippen molar-refractivity contribution in [2.45, 2.75) is 31.8 Å². The molecule has 1 aliphatic heterocycles. The highest BCUT2D eigenvalue weighted by Crippen LogP contribution is 2.15. The van der Waals surface area contributed by atoms with Crippen LogP contribution in [0.3, 0.4) is 0 Å². The zero-order valence-electron chi connectivity index (χ0n) is 14.0. The minimum Gasteiger partial charge on any atom is -0.353 e. The van der Waals surface area contributed by atoms with Crippen molar-refractivity contribution < 1.29 is 4.79 Å². The Bertz CT molecular complexity index is 807. The molecule has 4 rings (SSSR count). The number of nitrogens with zero attached hydrogens (tertiary/aromatic N) is 4. The summed E-state index contributed by atoms with van der Waals surface area (Å²) < 4.78 is 1.96. The van der Waals surface area contributed by atoms with Crippen molar-refractivity contribution in [1.82, 2.24) is 24.6 Å². The molecule has 7 heteroatoms. The van der Waals surface area contributed by atoms with E-state index in [2.05, 4.69) is 26.3 Å². The molecule has 6 nitrogen and oxygen atoms in total. The third kappa shape index (κ3) is 4.05. The van der Waals surface area contributed by atoms with Crippen molar-refractivity contribution in [2.75, 3.05) is 13.1 Å². The summed E-state index contributed by atoms with van der Waals surface area (Å²) in [6.07, 6.45) is 9.95. The third-order valence-electron chi connectivity index (χ3n) is 4.57. The third-order valence-corrected chi connectivity index (χ3v) is 5.34. The highest BCUT2D eigenvalue weighted by atomic mass is 32.1. The lowest BCUT2D eigenvalue weighted by Gasteiger charge is -2.32. The van der Waals surface area contributed by atoms with Crippen LogP contribution in [0, 0.1) is 0 Å². The summed E-state index contributed by atoms with van der Waals surface area (Å²) in [7, 11) is 0. The molecule has 0 radical (unpaired) electrons. The zero-order valence-corrected chi connectivity index (χ0v) is 14.8. The number of hydrogen-bond donors (Lipinski definition) is 1. The fourth-order valence-corrected chi connectivity index (χ4v) is 4.01. The summed E-state index contributed by atoms with van der Waals surface area (Å²) in [5.74, 6) is 0.0662. The second-order valence-electron chi connectivity index (χ2n) is 6.48. The molecule has 1 saturated heterocycles. The van der Waals surface area contributed by atoms with E-state index in [4.69, 9.17) is 0 Å². The van der Waals surface area contributed by atoms with Crippen LogP contribution in [0.2, 0.25) is 0 Å². The molecule has 0 saturated carbocycles. The number of imidazole rings is 1. The minimum atomic E-state index is 0.0662. The molecule has 3 aromatic heterocycles. The number of carbonyl (C=O) groups excluding carboxylic acids is 1. The van der Waals surface area contributed by atoms with Gasteiger partial charge >= 0.3 is 0 Å². The van der Waals surface area contributed by atoms with Crippen molar-refractivity contribution in [1.29, 1.82) is 0 Å². The smallest absolute Gasteiger partial charge is 0.226 e. The summed E-state index contributed by atoms with van der Waals surface area (Å²) in [5.41, 5.74) is 2.07. The van der Waals surface area contributed by atoms with E-state index in [-0.39, 0.29) is 11.9 Å². The summed E-state index contributed by atoms with van der Waals surface area (Å²) in [6, 6.07) is 4.35. The molecule has 0 aromatic carbocycles.